The molecule has 1 aliphatic carbocycles. The maximum Gasteiger partial charge on any atom is 0.133 e. The first-order valence-corrected chi connectivity index (χ1v) is 7.14. The lowest BCUT2D eigenvalue weighted by molar-refractivity contribution is 0.143. The first-order chi connectivity index (χ1) is 8.84. The molecule has 3 heteroatoms. The molecule has 0 bridgehead atoms. The van der Waals surface area contributed by atoms with Crippen molar-refractivity contribution in [3.8, 4) is 0 Å². The van der Waals surface area contributed by atoms with E-state index in [0.717, 1.165) is 30.5 Å². The molecule has 2 aliphatic heterocycles. The lowest BCUT2D eigenvalue weighted by atomic mass is 9.82. The maximum atomic E-state index is 10.2. The Bertz CT molecular complexity index is 474. The predicted molar refractivity (Wildman–Crippen MR) is 71.7 cm³/mol. The lowest BCUT2D eigenvalue weighted by Crippen LogP contribution is -2.38. The van der Waals surface area contributed by atoms with Crippen molar-refractivity contribution in [2.45, 2.75) is 31.4 Å². The van der Waals surface area contributed by atoms with E-state index < -0.39 is 6.23 Å². The predicted octanol–water partition coefficient (Wildman–Crippen LogP) is 1.98. The summed E-state index contributed by atoms with van der Waals surface area (Å²) in [5, 5.41) is 13.4. The fourth-order valence-corrected chi connectivity index (χ4v) is 4.15. The molecular weight excluding hydrogens is 224 g/mol. The van der Waals surface area contributed by atoms with Gasteiger partial charge in [-0.1, -0.05) is 24.6 Å². The van der Waals surface area contributed by atoms with Gasteiger partial charge < -0.3 is 10.0 Å². The fourth-order valence-electron chi connectivity index (χ4n) is 4.15. The minimum atomic E-state index is -0.497. The van der Waals surface area contributed by atoms with Crippen LogP contribution in [0.25, 0.3) is 0 Å². The number of hydrogen-bond donors (Lipinski definition) is 2. The largest absolute Gasteiger partial charge is 0.374 e. The molecule has 0 saturated heterocycles. The summed E-state index contributed by atoms with van der Waals surface area (Å²) in [6.45, 7) is 3.07. The monoisotopic (exact) mass is 244 g/mol. The molecule has 1 fully saturated rings. The van der Waals surface area contributed by atoms with Crippen LogP contribution < -0.4 is 10.2 Å². The normalized spacial score (nSPS) is 33.8. The Hall–Kier alpha value is -1.06. The number of hydrogen-bond acceptors (Lipinski definition) is 3. The molecule has 0 spiro atoms. The van der Waals surface area contributed by atoms with Crippen LogP contribution in [0.2, 0.25) is 0 Å². The van der Waals surface area contributed by atoms with Gasteiger partial charge in [0, 0.05) is 30.9 Å². The highest BCUT2D eigenvalue weighted by molar-refractivity contribution is 5.64. The zero-order valence-electron chi connectivity index (χ0n) is 10.6. The summed E-state index contributed by atoms with van der Waals surface area (Å²) >= 11 is 0. The molecule has 0 aromatic heterocycles. The third-order valence-electron chi connectivity index (χ3n) is 4.94. The molecule has 18 heavy (non-hydrogen) atoms. The molecule has 1 unspecified atom stereocenters. The van der Waals surface area contributed by atoms with Gasteiger partial charge in [-0.05, 0) is 30.2 Å². The molecule has 4 rings (SSSR count). The number of anilines is 1. The van der Waals surface area contributed by atoms with Crippen LogP contribution in [0, 0.1) is 5.92 Å². The van der Waals surface area contributed by atoms with Crippen molar-refractivity contribution in [1.29, 1.82) is 0 Å². The zero-order valence-corrected chi connectivity index (χ0v) is 10.6. The Labute approximate surface area is 108 Å². The summed E-state index contributed by atoms with van der Waals surface area (Å²) in [4.78, 5) is 2.50. The molecule has 96 valence electrons. The molecule has 3 aliphatic rings. The number of nitrogens with one attached hydrogen (secondary N) is 1. The van der Waals surface area contributed by atoms with Crippen molar-refractivity contribution < 1.29 is 5.11 Å². The number of rotatable bonds is 0. The van der Waals surface area contributed by atoms with Crippen LogP contribution in [-0.2, 0) is 0 Å². The van der Waals surface area contributed by atoms with Gasteiger partial charge in [-0.25, -0.2) is 0 Å². The molecule has 1 saturated carbocycles. The summed E-state index contributed by atoms with van der Waals surface area (Å²) in [6.07, 6.45) is 3.58. The molecule has 1 aromatic rings. The number of nitrogens with zero attached hydrogens (tertiary/aromatic N) is 1. The minimum Gasteiger partial charge on any atom is -0.374 e. The second-order valence-corrected chi connectivity index (χ2v) is 5.89. The van der Waals surface area contributed by atoms with E-state index in [-0.39, 0.29) is 0 Å². The Morgan fingerprint density at radius 2 is 2.11 bits per heavy atom. The maximum absolute atomic E-state index is 10.2. The third-order valence-corrected chi connectivity index (χ3v) is 4.94. The molecule has 1 aromatic carbocycles. The molecule has 0 amide bonds. The highest BCUT2D eigenvalue weighted by atomic mass is 16.3. The van der Waals surface area contributed by atoms with Crippen LogP contribution in [0.3, 0.4) is 0 Å². The number of para-hydroxylation sites is 1. The topological polar surface area (TPSA) is 35.5 Å². The number of benzene rings is 1. The van der Waals surface area contributed by atoms with Gasteiger partial charge in [-0.2, -0.15) is 0 Å². The van der Waals surface area contributed by atoms with Crippen LogP contribution in [0.5, 0.6) is 0 Å². The molecule has 2 N–H and O–H groups in total. The highest BCUT2D eigenvalue weighted by Gasteiger charge is 2.38. The Balaban J connectivity index is 1.89. The van der Waals surface area contributed by atoms with Gasteiger partial charge in [0.25, 0.3) is 0 Å². The Kier molecular flexibility index (Phi) is 2.39. The van der Waals surface area contributed by atoms with Crippen molar-refractivity contribution in [2.24, 2.45) is 5.92 Å². The number of aliphatic hydroxyl groups is 1. The number of fused-ring (bicyclic) bond motifs is 2. The van der Waals surface area contributed by atoms with Crippen LogP contribution in [0.4, 0.5) is 5.69 Å². The van der Waals surface area contributed by atoms with E-state index in [4.69, 9.17) is 0 Å². The second-order valence-electron chi connectivity index (χ2n) is 5.89. The SMILES string of the molecule is OC1NCCN2C[C@@H]3CCC[C@@H]3c3cccc1c32. The van der Waals surface area contributed by atoms with E-state index in [2.05, 4.69) is 28.4 Å². The van der Waals surface area contributed by atoms with Crippen molar-refractivity contribution in [3.05, 3.63) is 29.3 Å². The zero-order chi connectivity index (χ0) is 12.1. The van der Waals surface area contributed by atoms with Crippen LogP contribution in [0.1, 0.15) is 42.5 Å². The molecule has 2 heterocycles. The van der Waals surface area contributed by atoms with Gasteiger partial charge >= 0.3 is 0 Å². The first-order valence-electron chi connectivity index (χ1n) is 7.14. The lowest BCUT2D eigenvalue weighted by Gasteiger charge is -2.39. The minimum absolute atomic E-state index is 0.497. The Morgan fingerprint density at radius 1 is 1.22 bits per heavy atom. The fraction of sp³-hybridized carbons (Fsp3) is 0.600. The van der Waals surface area contributed by atoms with E-state index in [1.807, 2.05) is 0 Å². The quantitative estimate of drug-likeness (QED) is 0.732. The van der Waals surface area contributed by atoms with E-state index in [1.165, 1.54) is 37.1 Å². The van der Waals surface area contributed by atoms with Gasteiger partial charge in [0.2, 0.25) is 0 Å². The molecule has 0 radical (unpaired) electrons. The second kappa shape index (κ2) is 3.97. The Morgan fingerprint density at radius 3 is 3.06 bits per heavy atom. The average Bonchev–Trinajstić information content (AvgIpc) is 2.79. The van der Waals surface area contributed by atoms with Gasteiger partial charge in [0.1, 0.15) is 6.23 Å². The summed E-state index contributed by atoms with van der Waals surface area (Å²) in [5.74, 6) is 1.57. The van der Waals surface area contributed by atoms with Crippen molar-refractivity contribution in [2.75, 3.05) is 24.5 Å². The summed E-state index contributed by atoms with van der Waals surface area (Å²) in [6, 6.07) is 6.47. The summed E-state index contributed by atoms with van der Waals surface area (Å²) in [7, 11) is 0. The molecular formula is C15H20N2O. The molecule has 3 nitrogen and oxygen atoms in total. The van der Waals surface area contributed by atoms with Crippen molar-refractivity contribution in [1.82, 2.24) is 5.32 Å². The van der Waals surface area contributed by atoms with E-state index in [9.17, 15) is 5.11 Å². The third kappa shape index (κ3) is 1.44. The smallest absolute Gasteiger partial charge is 0.133 e. The van der Waals surface area contributed by atoms with Gasteiger partial charge in [0.05, 0.1) is 0 Å². The molecule has 3 atom stereocenters. The van der Waals surface area contributed by atoms with E-state index in [1.54, 1.807) is 0 Å². The van der Waals surface area contributed by atoms with Crippen molar-refractivity contribution in [3.63, 3.8) is 0 Å². The van der Waals surface area contributed by atoms with E-state index >= 15 is 0 Å². The first kappa shape index (κ1) is 10.8. The highest BCUT2D eigenvalue weighted by Crippen LogP contribution is 2.49. The van der Waals surface area contributed by atoms with Crippen LogP contribution in [-0.4, -0.2) is 24.7 Å². The number of aliphatic hydroxyl groups excluding tert-OH is 1. The van der Waals surface area contributed by atoms with E-state index in [0.29, 0.717) is 0 Å². The van der Waals surface area contributed by atoms with Crippen LogP contribution >= 0.6 is 0 Å². The van der Waals surface area contributed by atoms with Gasteiger partial charge in [-0.3, -0.25) is 5.32 Å². The van der Waals surface area contributed by atoms with Gasteiger partial charge in [-0.15, -0.1) is 0 Å². The van der Waals surface area contributed by atoms with Gasteiger partial charge in [0.15, 0.2) is 0 Å². The standard InChI is InChI=1S/C15H20N2O/c18-15-13-6-2-5-12-11-4-1-3-10(11)9-17(14(12)13)8-7-16-15/h2,5-6,10-11,15-16,18H,1,3-4,7-9H2/t10-,11-,15?/m0/s1. The van der Waals surface area contributed by atoms with Crippen molar-refractivity contribution >= 4 is 5.69 Å². The average molecular weight is 244 g/mol. The van der Waals surface area contributed by atoms with Crippen LogP contribution in [0.15, 0.2) is 18.2 Å². The summed E-state index contributed by atoms with van der Waals surface area (Å²) in [5.41, 5.74) is 3.90. The summed E-state index contributed by atoms with van der Waals surface area (Å²) < 4.78 is 0.